The number of benzene rings is 17. The summed E-state index contributed by atoms with van der Waals surface area (Å²) in [4.78, 5) is 0. The first kappa shape index (κ1) is 49.8. The number of halogens is 2. The third kappa shape index (κ3) is 5.86. The molecule has 0 aliphatic rings. The summed E-state index contributed by atoms with van der Waals surface area (Å²) < 4.78 is 0. The molecule has 0 spiro atoms. The van der Waals surface area contributed by atoms with Gasteiger partial charge in [-0.15, -0.1) is 0 Å². The topological polar surface area (TPSA) is 80.9 Å². The van der Waals surface area contributed by atoms with E-state index in [0.717, 1.165) is 197 Å². The summed E-state index contributed by atoms with van der Waals surface area (Å²) in [6, 6.07) is 36.3. The highest BCUT2D eigenvalue weighted by atomic mass is 35.5. The van der Waals surface area contributed by atoms with Gasteiger partial charge in [0.1, 0.15) is 0 Å². The van der Waals surface area contributed by atoms with Gasteiger partial charge in [-0.3, -0.25) is 0 Å². The fourth-order valence-corrected chi connectivity index (χ4v) is 18.1. The van der Waals surface area contributed by atoms with Crippen molar-refractivity contribution in [1.29, 1.82) is 0 Å². The number of rotatable bonds is 4. The van der Waals surface area contributed by atoms with Gasteiger partial charge in [-0.25, -0.2) is 0 Å². The van der Waals surface area contributed by atoms with E-state index in [2.05, 4.69) is 180 Å². The Morgan fingerprint density at radius 2 is 0.381 bits per heavy atom. The van der Waals surface area contributed by atoms with E-state index in [1.807, 2.05) is 0 Å². The van der Waals surface area contributed by atoms with Crippen molar-refractivity contribution < 1.29 is 20.4 Å². The molecule has 0 aliphatic heterocycles. The molecule has 4 nitrogen and oxygen atoms in total. The Kier molecular flexibility index (Phi) is 9.53. The molecule has 0 atom stereocenters. The van der Waals surface area contributed by atoms with E-state index >= 15 is 0 Å². The first-order valence-electron chi connectivity index (χ1n) is 29.0. The standard InChI is InChI=1S/C78H56Cl2O4/c1-29-13-33(5)53(34(6)14-29)41-21-45-46-22-42(54-35(7)15-30(2)16-36(54)8)26-50-58(46)66-65-57(45)49(25-41)61-69-63(75(81)77(83)73(61)79)51-27-43(55-37(9)17-31(3)18-38(55)10)23-47-48-24-44(56-39(11)19-32(4)20-40(56)12)28-52-60(48)68(67(59(47)51)71(65)69)72(66)70-62(50)74(80)78(84)76(82)64(52)70/h13-28,81-84H,1-12H3. The molecule has 0 saturated carbocycles. The number of fused-ring (bicyclic) bond motifs is 6. The smallest absolute Gasteiger partial charge is 0.177 e. The molecular formula is C78H56Cl2O4. The van der Waals surface area contributed by atoms with Crippen LogP contribution in [0.15, 0.2) is 97.1 Å². The molecule has 17 aromatic rings. The molecule has 0 aromatic heterocycles. The number of aryl methyl sites for hydroxylation is 12. The van der Waals surface area contributed by atoms with Gasteiger partial charge >= 0.3 is 0 Å². The second-order valence-corrected chi connectivity index (χ2v) is 26.2. The summed E-state index contributed by atoms with van der Waals surface area (Å²) in [5, 5.41) is 72.9. The predicted octanol–water partition coefficient (Wildman–Crippen LogP) is 22.7. The third-order valence-electron chi connectivity index (χ3n) is 19.9. The van der Waals surface area contributed by atoms with Gasteiger partial charge in [0.25, 0.3) is 0 Å². The van der Waals surface area contributed by atoms with Gasteiger partial charge in [0.05, 0.1) is 10.0 Å². The molecule has 0 amide bonds. The van der Waals surface area contributed by atoms with Gasteiger partial charge in [0.2, 0.25) is 0 Å². The van der Waals surface area contributed by atoms with Crippen molar-refractivity contribution in [3.8, 4) is 67.5 Å². The number of phenolic OH excluding ortho intramolecular Hbond substituents is 4. The van der Waals surface area contributed by atoms with Crippen LogP contribution in [0.25, 0.3) is 174 Å². The second kappa shape index (κ2) is 16.1. The largest absolute Gasteiger partial charge is 0.504 e. The van der Waals surface area contributed by atoms with E-state index in [1.54, 1.807) is 0 Å². The summed E-state index contributed by atoms with van der Waals surface area (Å²) in [6.07, 6.45) is 0. The molecule has 0 bridgehead atoms. The van der Waals surface area contributed by atoms with Gasteiger partial charge in [-0.2, -0.15) is 0 Å². The van der Waals surface area contributed by atoms with Crippen LogP contribution >= 0.6 is 23.2 Å². The Hall–Kier alpha value is -8.80. The van der Waals surface area contributed by atoms with Gasteiger partial charge < -0.3 is 20.4 Å². The quantitative estimate of drug-likeness (QED) is 0.0804. The third-order valence-corrected chi connectivity index (χ3v) is 20.6. The van der Waals surface area contributed by atoms with Crippen molar-refractivity contribution in [2.45, 2.75) is 83.1 Å². The first-order chi connectivity index (χ1) is 40.1. The van der Waals surface area contributed by atoms with Crippen LogP contribution in [0.4, 0.5) is 0 Å². The monoisotopic (exact) mass is 1130 g/mol. The Balaban J connectivity index is 1.26. The minimum Gasteiger partial charge on any atom is -0.504 e. The average Bonchev–Trinajstić information content (AvgIpc) is 0.644. The van der Waals surface area contributed by atoms with E-state index in [9.17, 15) is 20.4 Å². The molecule has 0 heterocycles. The normalized spacial score (nSPS) is 12.8. The maximum absolute atomic E-state index is 13.1. The van der Waals surface area contributed by atoms with Gasteiger partial charge in [0.15, 0.2) is 23.0 Å². The molecule has 0 unspecified atom stereocenters. The van der Waals surface area contributed by atoms with Gasteiger partial charge in [-0.05, 0) is 307 Å². The molecule has 84 heavy (non-hydrogen) atoms. The van der Waals surface area contributed by atoms with Gasteiger partial charge in [0, 0.05) is 43.1 Å². The van der Waals surface area contributed by atoms with Crippen molar-refractivity contribution in [3.05, 3.63) is 174 Å². The Bertz CT molecular complexity index is 5120. The Labute approximate surface area is 494 Å². The van der Waals surface area contributed by atoms with Crippen molar-refractivity contribution in [3.63, 3.8) is 0 Å². The SMILES string of the molecule is Cc1cc(C)c(-c2cc3c4cc(-c5c(C)cc(C)cc5C)cc5c6c(O)c(O)c(Cl)c7c8cc(-c9c(C)cc(C)cc9C)cc9c%10cc(-c%11c(C)cc(C)cc%11C)cc%11c%12c(Cl)c(O)c(O)c%13c(c2)c3c2c(c45)c(c67)c(c98)c(c%10%11)c2c%13%12)c(C)c1. The van der Waals surface area contributed by atoms with E-state index in [0.29, 0.717) is 21.5 Å². The number of hydrogen-bond acceptors (Lipinski definition) is 4. The lowest BCUT2D eigenvalue weighted by Crippen LogP contribution is -2.03. The van der Waals surface area contributed by atoms with Crippen molar-refractivity contribution in [2.75, 3.05) is 0 Å². The van der Waals surface area contributed by atoms with Crippen LogP contribution in [-0.4, -0.2) is 20.4 Å². The number of hydrogen-bond donors (Lipinski definition) is 4. The molecule has 0 saturated heterocycles. The summed E-state index contributed by atoms with van der Waals surface area (Å²) in [5.74, 6) is -1.25. The maximum Gasteiger partial charge on any atom is 0.177 e. The number of phenols is 4. The van der Waals surface area contributed by atoms with Crippen LogP contribution in [0, 0.1) is 83.1 Å². The molecule has 4 N–H and O–H groups in total. The Morgan fingerprint density at radius 1 is 0.202 bits per heavy atom. The summed E-state index contributed by atoms with van der Waals surface area (Å²) in [7, 11) is 0. The van der Waals surface area contributed by atoms with Crippen LogP contribution in [0.2, 0.25) is 10.0 Å². The first-order valence-corrected chi connectivity index (χ1v) is 29.8. The Morgan fingerprint density at radius 3 is 0.607 bits per heavy atom. The van der Waals surface area contributed by atoms with E-state index < -0.39 is 0 Å². The fourth-order valence-electron chi connectivity index (χ4n) is 17.6. The van der Waals surface area contributed by atoms with E-state index in [-0.39, 0.29) is 33.0 Å². The van der Waals surface area contributed by atoms with E-state index in [4.69, 9.17) is 23.2 Å². The highest BCUT2D eigenvalue weighted by Crippen LogP contribution is 2.66. The van der Waals surface area contributed by atoms with Gasteiger partial charge in [-0.1, -0.05) is 94.0 Å². The fraction of sp³-hybridized carbons (Fsp3) is 0.154. The highest BCUT2D eigenvalue weighted by molar-refractivity contribution is 6.64. The summed E-state index contributed by atoms with van der Waals surface area (Å²) >= 11 is 15.6. The van der Waals surface area contributed by atoms with Crippen LogP contribution in [0.5, 0.6) is 23.0 Å². The molecule has 0 radical (unpaired) electrons. The van der Waals surface area contributed by atoms with Crippen LogP contribution in [0.3, 0.4) is 0 Å². The minimum atomic E-state index is -0.360. The van der Waals surface area contributed by atoms with Crippen molar-refractivity contribution in [1.82, 2.24) is 0 Å². The lowest BCUT2D eigenvalue weighted by molar-refractivity contribution is 0.409. The van der Waals surface area contributed by atoms with Crippen LogP contribution in [-0.2, 0) is 0 Å². The molecule has 17 rings (SSSR count). The zero-order valence-electron chi connectivity index (χ0n) is 48.8. The van der Waals surface area contributed by atoms with Crippen molar-refractivity contribution >= 4 is 152 Å². The summed E-state index contributed by atoms with van der Waals surface area (Å²) in [5.41, 5.74) is 22.1. The molecule has 6 heteroatoms. The highest BCUT2D eigenvalue weighted by Gasteiger charge is 2.37. The molecule has 17 aromatic carbocycles. The van der Waals surface area contributed by atoms with Crippen molar-refractivity contribution in [2.24, 2.45) is 0 Å². The average molecular weight is 1130 g/mol. The zero-order chi connectivity index (χ0) is 58.2. The minimum absolute atomic E-state index is 0.0912. The molecule has 0 aliphatic carbocycles. The molecule has 406 valence electrons. The molecular weight excluding hydrogens is 1070 g/mol. The lowest BCUT2D eigenvalue weighted by atomic mass is 9.72. The lowest BCUT2D eigenvalue weighted by Gasteiger charge is -2.31. The van der Waals surface area contributed by atoms with Crippen LogP contribution in [0.1, 0.15) is 66.8 Å². The predicted molar refractivity (Wildman–Crippen MR) is 359 cm³/mol. The summed E-state index contributed by atoms with van der Waals surface area (Å²) in [6.45, 7) is 25.9. The van der Waals surface area contributed by atoms with E-state index in [1.165, 1.54) is 22.3 Å². The number of aromatic hydroxyl groups is 4. The maximum atomic E-state index is 13.1. The van der Waals surface area contributed by atoms with Crippen LogP contribution < -0.4 is 0 Å². The zero-order valence-corrected chi connectivity index (χ0v) is 50.3. The second-order valence-electron chi connectivity index (χ2n) is 25.4. The molecule has 0 fully saturated rings.